The average molecular weight is 270 g/mol. The highest BCUT2D eigenvalue weighted by Crippen LogP contribution is 2.25. The minimum absolute atomic E-state index is 0.0811. The second-order valence-electron chi connectivity index (χ2n) is 7.44. The second kappa shape index (κ2) is 6.12. The number of piperidine rings is 1. The van der Waals surface area contributed by atoms with Gasteiger partial charge < -0.3 is 15.4 Å². The Balaban J connectivity index is 2.31. The molecule has 0 bridgehead atoms. The number of hydrogen-bond acceptors (Lipinski definition) is 3. The van der Waals surface area contributed by atoms with Crippen molar-refractivity contribution in [3.05, 3.63) is 0 Å². The number of nitrogens with two attached hydrogens (primary N) is 1. The Kier molecular flexibility index (Phi) is 5.25. The van der Waals surface area contributed by atoms with Crippen LogP contribution in [0.2, 0.25) is 0 Å². The third-order valence-electron chi connectivity index (χ3n) is 3.46. The largest absolute Gasteiger partial charge is 0.444 e. The zero-order chi connectivity index (χ0) is 14.7. The third-order valence-corrected chi connectivity index (χ3v) is 3.46. The summed E-state index contributed by atoms with van der Waals surface area (Å²) in [6.45, 7) is 11.5. The molecule has 1 saturated heterocycles. The van der Waals surface area contributed by atoms with Gasteiger partial charge in [0.2, 0.25) is 0 Å². The standard InChI is InChI=1S/C15H30N2O2/c1-14(2,3)19-13(18)17-10-7-12(8-11-17)6-9-15(4,5)16/h12H,6-11,16H2,1-5H3. The molecule has 4 nitrogen and oxygen atoms in total. The van der Waals surface area contributed by atoms with E-state index in [-0.39, 0.29) is 11.6 Å². The van der Waals surface area contributed by atoms with Gasteiger partial charge in [-0.15, -0.1) is 0 Å². The highest BCUT2D eigenvalue weighted by molar-refractivity contribution is 5.68. The van der Waals surface area contributed by atoms with Crippen molar-refractivity contribution in [1.29, 1.82) is 0 Å². The van der Waals surface area contributed by atoms with E-state index in [1.54, 1.807) is 0 Å². The molecule has 4 heteroatoms. The van der Waals surface area contributed by atoms with Gasteiger partial charge in [-0.05, 0) is 66.2 Å². The second-order valence-corrected chi connectivity index (χ2v) is 7.44. The number of nitrogens with zero attached hydrogens (tertiary/aromatic N) is 1. The number of amides is 1. The molecule has 1 aliphatic rings. The van der Waals surface area contributed by atoms with Gasteiger partial charge in [0.1, 0.15) is 5.60 Å². The van der Waals surface area contributed by atoms with Crippen molar-refractivity contribution in [2.24, 2.45) is 11.7 Å². The summed E-state index contributed by atoms with van der Waals surface area (Å²) in [5.41, 5.74) is 5.53. The Hall–Kier alpha value is -0.770. The zero-order valence-corrected chi connectivity index (χ0v) is 13.2. The van der Waals surface area contributed by atoms with Crippen molar-refractivity contribution in [1.82, 2.24) is 4.90 Å². The van der Waals surface area contributed by atoms with E-state index in [1.807, 2.05) is 25.7 Å². The molecule has 0 saturated carbocycles. The summed E-state index contributed by atoms with van der Waals surface area (Å²) in [5, 5.41) is 0. The van der Waals surface area contributed by atoms with Gasteiger partial charge >= 0.3 is 6.09 Å². The van der Waals surface area contributed by atoms with Crippen molar-refractivity contribution in [2.75, 3.05) is 13.1 Å². The fourth-order valence-electron chi connectivity index (χ4n) is 2.31. The van der Waals surface area contributed by atoms with Gasteiger partial charge in [-0.1, -0.05) is 0 Å². The van der Waals surface area contributed by atoms with Crippen LogP contribution in [0.3, 0.4) is 0 Å². The van der Waals surface area contributed by atoms with E-state index in [4.69, 9.17) is 10.5 Å². The summed E-state index contributed by atoms with van der Waals surface area (Å²) in [7, 11) is 0. The van der Waals surface area contributed by atoms with Crippen molar-refractivity contribution in [2.45, 2.75) is 71.4 Å². The predicted molar refractivity (Wildman–Crippen MR) is 78.0 cm³/mol. The van der Waals surface area contributed by atoms with E-state index in [0.29, 0.717) is 5.92 Å². The van der Waals surface area contributed by atoms with Crippen molar-refractivity contribution in [3.8, 4) is 0 Å². The van der Waals surface area contributed by atoms with E-state index in [0.717, 1.165) is 38.8 Å². The molecule has 0 unspecified atom stereocenters. The molecule has 0 radical (unpaired) electrons. The van der Waals surface area contributed by atoms with Crippen molar-refractivity contribution < 1.29 is 9.53 Å². The fraction of sp³-hybridized carbons (Fsp3) is 0.933. The molecule has 1 fully saturated rings. The molecule has 19 heavy (non-hydrogen) atoms. The first kappa shape index (κ1) is 16.3. The smallest absolute Gasteiger partial charge is 0.410 e. The molecule has 1 amide bonds. The van der Waals surface area contributed by atoms with Gasteiger partial charge in [-0.2, -0.15) is 0 Å². The van der Waals surface area contributed by atoms with Crippen LogP contribution < -0.4 is 5.73 Å². The molecule has 1 heterocycles. The van der Waals surface area contributed by atoms with Crippen LogP contribution in [0.15, 0.2) is 0 Å². The number of likely N-dealkylation sites (tertiary alicyclic amines) is 1. The maximum absolute atomic E-state index is 11.9. The highest BCUT2D eigenvalue weighted by Gasteiger charge is 2.27. The number of rotatable bonds is 3. The Morgan fingerprint density at radius 1 is 1.21 bits per heavy atom. The molecule has 2 N–H and O–H groups in total. The molecule has 0 aromatic heterocycles. The van der Waals surface area contributed by atoms with Crippen molar-refractivity contribution >= 4 is 6.09 Å². The van der Waals surface area contributed by atoms with Crippen LogP contribution in [0, 0.1) is 5.92 Å². The van der Waals surface area contributed by atoms with Crippen LogP contribution >= 0.6 is 0 Å². The summed E-state index contributed by atoms with van der Waals surface area (Å²) in [4.78, 5) is 13.7. The summed E-state index contributed by atoms with van der Waals surface area (Å²) < 4.78 is 5.39. The number of carbonyl (C=O) groups is 1. The van der Waals surface area contributed by atoms with Gasteiger partial charge in [0.15, 0.2) is 0 Å². The minimum atomic E-state index is -0.405. The maximum Gasteiger partial charge on any atom is 0.410 e. The van der Waals surface area contributed by atoms with Crippen LogP contribution in [-0.2, 0) is 4.74 Å². The molecule has 112 valence electrons. The first-order valence-corrected chi connectivity index (χ1v) is 7.34. The minimum Gasteiger partial charge on any atom is -0.444 e. The molecule has 0 atom stereocenters. The average Bonchev–Trinajstić information content (AvgIpc) is 2.23. The van der Waals surface area contributed by atoms with Gasteiger partial charge in [-0.3, -0.25) is 0 Å². The number of carbonyl (C=O) groups excluding carboxylic acids is 1. The molecule has 0 aromatic rings. The first-order chi connectivity index (χ1) is 8.57. The number of ether oxygens (including phenoxy) is 1. The van der Waals surface area contributed by atoms with Gasteiger partial charge in [0.25, 0.3) is 0 Å². The monoisotopic (exact) mass is 270 g/mol. The third kappa shape index (κ3) is 6.81. The highest BCUT2D eigenvalue weighted by atomic mass is 16.6. The molecule has 0 aliphatic carbocycles. The lowest BCUT2D eigenvalue weighted by Crippen LogP contribution is -2.42. The summed E-state index contributed by atoms with van der Waals surface area (Å²) in [6.07, 6.45) is 4.16. The predicted octanol–water partition coefficient (Wildman–Crippen LogP) is 3.15. The Morgan fingerprint density at radius 3 is 2.16 bits per heavy atom. The zero-order valence-electron chi connectivity index (χ0n) is 13.2. The lowest BCUT2D eigenvalue weighted by atomic mass is 9.87. The quantitative estimate of drug-likeness (QED) is 0.857. The summed E-state index contributed by atoms with van der Waals surface area (Å²) in [6, 6.07) is 0. The van der Waals surface area contributed by atoms with Crippen LogP contribution in [0.25, 0.3) is 0 Å². The lowest BCUT2D eigenvalue weighted by Gasteiger charge is -2.34. The van der Waals surface area contributed by atoms with Crippen molar-refractivity contribution in [3.63, 3.8) is 0 Å². The molecular formula is C15H30N2O2. The summed E-state index contributed by atoms with van der Waals surface area (Å²) >= 11 is 0. The van der Waals surface area contributed by atoms with E-state index in [9.17, 15) is 4.79 Å². The normalized spacial score (nSPS) is 18.5. The Morgan fingerprint density at radius 2 is 1.74 bits per heavy atom. The van der Waals surface area contributed by atoms with Gasteiger partial charge in [0.05, 0.1) is 0 Å². The Bertz CT molecular complexity index is 294. The van der Waals surface area contributed by atoms with Crippen LogP contribution in [0.4, 0.5) is 4.79 Å². The van der Waals surface area contributed by atoms with Gasteiger partial charge in [-0.25, -0.2) is 4.79 Å². The van der Waals surface area contributed by atoms with E-state index in [1.165, 1.54) is 0 Å². The summed E-state index contributed by atoms with van der Waals surface area (Å²) in [5.74, 6) is 0.696. The van der Waals surface area contributed by atoms with Crippen LogP contribution in [0.5, 0.6) is 0 Å². The van der Waals surface area contributed by atoms with Crippen LogP contribution in [-0.4, -0.2) is 35.2 Å². The van der Waals surface area contributed by atoms with E-state index in [2.05, 4.69) is 13.8 Å². The first-order valence-electron chi connectivity index (χ1n) is 7.34. The molecular weight excluding hydrogens is 240 g/mol. The molecule has 1 rings (SSSR count). The van der Waals surface area contributed by atoms with E-state index < -0.39 is 5.60 Å². The SMILES string of the molecule is CC(C)(N)CCC1CCN(C(=O)OC(C)(C)C)CC1. The van der Waals surface area contributed by atoms with E-state index >= 15 is 0 Å². The molecule has 0 aromatic carbocycles. The fourth-order valence-corrected chi connectivity index (χ4v) is 2.31. The Labute approximate surface area is 117 Å². The lowest BCUT2D eigenvalue weighted by molar-refractivity contribution is 0.0179. The van der Waals surface area contributed by atoms with Gasteiger partial charge in [0, 0.05) is 18.6 Å². The topological polar surface area (TPSA) is 55.6 Å². The van der Waals surface area contributed by atoms with Crippen LogP contribution in [0.1, 0.15) is 60.3 Å². The molecule has 1 aliphatic heterocycles. The number of hydrogen-bond donors (Lipinski definition) is 1. The molecule has 0 spiro atoms. The maximum atomic E-state index is 11.9.